The molecule has 0 atom stereocenters. The second-order valence-electron chi connectivity index (χ2n) is 6.21. The quantitative estimate of drug-likeness (QED) is 0.454. The van der Waals surface area contributed by atoms with Gasteiger partial charge in [0.1, 0.15) is 5.15 Å². The molecule has 0 saturated carbocycles. The van der Waals surface area contributed by atoms with Crippen LogP contribution >= 0.6 is 23.2 Å². The Bertz CT molecular complexity index is 939. The van der Waals surface area contributed by atoms with Crippen molar-refractivity contribution in [3.05, 3.63) is 57.5 Å². The summed E-state index contributed by atoms with van der Waals surface area (Å²) in [5, 5.41) is 9.03. The Morgan fingerprint density at radius 2 is 2.00 bits per heavy atom. The monoisotopic (exact) mass is 391 g/mol. The molecule has 0 aliphatic heterocycles. The second-order valence-corrected chi connectivity index (χ2v) is 6.98. The molecule has 2 heterocycles. The van der Waals surface area contributed by atoms with E-state index in [1.807, 2.05) is 23.7 Å². The SMILES string of the molecule is CN=C(NCCc1c(C)[nH]c2ccccc12)NCc1cc(Cl)c(Cl)n1C. The van der Waals surface area contributed by atoms with Gasteiger partial charge in [-0.15, -0.1) is 0 Å². The van der Waals surface area contributed by atoms with E-state index >= 15 is 0 Å². The van der Waals surface area contributed by atoms with Crippen LogP contribution in [0.1, 0.15) is 17.0 Å². The maximum Gasteiger partial charge on any atom is 0.191 e. The van der Waals surface area contributed by atoms with Crippen molar-refractivity contribution in [2.75, 3.05) is 13.6 Å². The lowest BCUT2D eigenvalue weighted by molar-refractivity contribution is 0.747. The molecule has 0 bridgehead atoms. The highest BCUT2D eigenvalue weighted by molar-refractivity contribution is 6.41. The van der Waals surface area contributed by atoms with Gasteiger partial charge in [-0.2, -0.15) is 0 Å². The van der Waals surface area contributed by atoms with Crippen LogP contribution in [0, 0.1) is 6.92 Å². The number of aromatic nitrogens is 2. The van der Waals surface area contributed by atoms with E-state index in [9.17, 15) is 0 Å². The molecular weight excluding hydrogens is 369 g/mol. The molecule has 3 N–H and O–H groups in total. The minimum atomic E-state index is 0.543. The number of hydrogen-bond acceptors (Lipinski definition) is 1. The van der Waals surface area contributed by atoms with Crippen LogP contribution in [0.4, 0.5) is 0 Å². The number of halogens is 2. The molecule has 0 fully saturated rings. The number of aliphatic imine (C=N–C) groups is 1. The molecule has 0 spiro atoms. The van der Waals surface area contributed by atoms with E-state index in [2.05, 4.69) is 45.7 Å². The highest BCUT2D eigenvalue weighted by Gasteiger charge is 2.10. The maximum atomic E-state index is 6.11. The van der Waals surface area contributed by atoms with Gasteiger partial charge in [-0.25, -0.2) is 0 Å². The van der Waals surface area contributed by atoms with Crippen LogP contribution in [0.5, 0.6) is 0 Å². The highest BCUT2D eigenvalue weighted by atomic mass is 35.5. The number of nitrogens with one attached hydrogen (secondary N) is 3. The van der Waals surface area contributed by atoms with Gasteiger partial charge in [-0.1, -0.05) is 41.4 Å². The summed E-state index contributed by atoms with van der Waals surface area (Å²) < 4.78 is 1.86. The first-order valence-electron chi connectivity index (χ1n) is 8.51. The summed E-state index contributed by atoms with van der Waals surface area (Å²) in [6.07, 6.45) is 0.915. The smallest absolute Gasteiger partial charge is 0.191 e. The van der Waals surface area contributed by atoms with E-state index in [1.54, 1.807) is 7.05 Å². The number of benzene rings is 1. The fourth-order valence-corrected chi connectivity index (χ4v) is 3.53. The molecule has 0 unspecified atom stereocenters. The second kappa shape index (κ2) is 8.06. The third-order valence-electron chi connectivity index (χ3n) is 4.57. The van der Waals surface area contributed by atoms with Crippen LogP contribution in [0.3, 0.4) is 0 Å². The van der Waals surface area contributed by atoms with Gasteiger partial charge in [0.25, 0.3) is 0 Å². The van der Waals surface area contributed by atoms with Crippen LogP contribution in [0.2, 0.25) is 10.2 Å². The normalized spacial score (nSPS) is 12.0. The summed E-state index contributed by atoms with van der Waals surface area (Å²) >= 11 is 12.2. The van der Waals surface area contributed by atoms with E-state index in [0.717, 1.165) is 24.6 Å². The third kappa shape index (κ3) is 3.84. The van der Waals surface area contributed by atoms with Crippen LogP contribution in [-0.2, 0) is 20.0 Å². The first kappa shape index (κ1) is 18.7. The van der Waals surface area contributed by atoms with Gasteiger partial charge in [0, 0.05) is 42.9 Å². The molecular formula is C19H23Cl2N5. The number of guanidine groups is 1. The van der Waals surface area contributed by atoms with Crippen LogP contribution in [-0.4, -0.2) is 29.1 Å². The van der Waals surface area contributed by atoms with Crippen molar-refractivity contribution >= 4 is 40.1 Å². The zero-order valence-electron chi connectivity index (χ0n) is 15.2. The predicted molar refractivity (Wildman–Crippen MR) is 110 cm³/mol. The van der Waals surface area contributed by atoms with E-state index in [4.69, 9.17) is 23.2 Å². The fraction of sp³-hybridized carbons (Fsp3) is 0.316. The predicted octanol–water partition coefficient (Wildman–Crippen LogP) is 4.03. The largest absolute Gasteiger partial charge is 0.358 e. The number of hydrogen-bond donors (Lipinski definition) is 3. The van der Waals surface area contributed by atoms with Crippen molar-refractivity contribution in [3.8, 4) is 0 Å². The zero-order chi connectivity index (χ0) is 18.7. The lowest BCUT2D eigenvalue weighted by atomic mass is 10.1. The Morgan fingerprint density at radius 3 is 2.69 bits per heavy atom. The molecule has 138 valence electrons. The van der Waals surface area contributed by atoms with E-state index < -0.39 is 0 Å². The van der Waals surface area contributed by atoms with Gasteiger partial charge in [-0.05, 0) is 31.0 Å². The van der Waals surface area contributed by atoms with E-state index in [1.165, 1.54) is 22.2 Å². The summed E-state index contributed by atoms with van der Waals surface area (Å²) in [7, 11) is 3.65. The van der Waals surface area contributed by atoms with Crippen LogP contribution < -0.4 is 10.6 Å². The minimum Gasteiger partial charge on any atom is -0.358 e. The van der Waals surface area contributed by atoms with Crippen molar-refractivity contribution in [1.82, 2.24) is 20.2 Å². The summed E-state index contributed by atoms with van der Waals surface area (Å²) in [6.45, 7) is 3.50. The maximum absolute atomic E-state index is 6.11. The molecule has 0 aliphatic carbocycles. The lowest BCUT2D eigenvalue weighted by Gasteiger charge is -2.12. The minimum absolute atomic E-state index is 0.543. The summed E-state index contributed by atoms with van der Waals surface area (Å²) in [4.78, 5) is 7.72. The van der Waals surface area contributed by atoms with Gasteiger partial charge in [0.2, 0.25) is 0 Å². The van der Waals surface area contributed by atoms with Crippen molar-refractivity contribution in [1.29, 1.82) is 0 Å². The van der Waals surface area contributed by atoms with Crippen molar-refractivity contribution in [2.45, 2.75) is 19.9 Å². The van der Waals surface area contributed by atoms with Crippen molar-refractivity contribution in [2.24, 2.45) is 12.0 Å². The van der Waals surface area contributed by atoms with Crippen molar-refractivity contribution < 1.29 is 0 Å². The standard InChI is InChI=1S/C19H23Cl2N5/c1-12-14(15-6-4-5-7-17(15)25-12)8-9-23-19(22-2)24-11-13-10-16(20)18(21)26(13)3/h4-7,10,25H,8-9,11H2,1-3H3,(H2,22,23,24). The molecule has 3 rings (SSSR count). The molecule has 3 aromatic rings. The first-order valence-corrected chi connectivity index (χ1v) is 9.27. The number of aromatic amines is 1. The average Bonchev–Trinajstić information content (AvgIpc) is 3.09. The number of rotatable bonds is 5. The molecule has 26 heavy (non-hydrogen) atoms. The molecule has 1 aromatic carbocycles. The van der Waals surface area contributed by atoms with Gasteiger partial charge in [-0.3, -0.25) is 4.99 Å². The Kier molecular flexibility index (Phi) is 5.79. The zero-order valence-corrected chi connectivity index (χ0v) is 16.7. The average molecular weight is 392 g/mol. The van der Waals surface area contributed by atoms with E-state index in [0.29, 0.717) is 16.7 Å². The first-order chi connectivity index (χ1) is 12.5. The number of fused-ring (bicyclic) bond motifs is 1. The van der Waals surface area contributed by atoms with E-state index in [-0.39, 0.29) is 0 Å². The van der Waals surface area contributed by atoms with Crippen LogP contribution in [0.25, 0.3) is 10.9 Å². The summed E-state index contributed by atoms with van der Waals surface area (Å²) in [5.74, 6) is 0.746. The molecule has 2 aromatic heterocycles. The summed E-state index contributed by atoms with van der Waals surface area (Å²) in [6, 6.07) is 10.2. The molecule has 5 nitrogen and oxygen atoms in total. The molecule has 0 aliphatic rings. The van der Waals surface area contributed by atoms with Crippen molar-refractivity contribution in [3.63, 3.8) is 0 Å². The topological polar surface area (TPSA) is 57.1 Å². The molecule has 0 radical (unpaired) electrons. The Morgan fingerprint density at radius 1 is 1.23 bits per heavy atom. The van der Waals surface area contributed by atoms with Gasteiger partial charge in [0.15, 0.2) is 5.96 Å². The van der Waals surface area contributed by atoms with Gasteiger partial charge < -0.3 is 20.2 Å². The molecule has 0 saturated heterocycles. The Balaban J connectivity index is 1.57. The number of nitrogens with zero attached hydrogens (tertiary/aromatic N) is 2. The number of H-pyrrole nitrogens is 1. The molecule has 0 amide bonds. The third-order valence-corrected chi connectivity index (χ3v) is 5.41. The summed E-state index contributed by atoms with van der Waals surface area (Å²) in [5.41, 5.74) is 4.73. The van der Waals surface area contributed by atoms with Crippen LogP contribution in [0.15, 0.2) is 35.3 Å². The Hall–Kier alpha value is -2.11. The van der Waals surface area contributed by atoms with Gasteiger partial charge in [0.05, 0.1) is 11.6 Å². The Labute approximate surface area is 163 Å². The highest BCUT2D eigenvalue weighted by Crippen LogP contribution is 2.25. The molecule has 7 heteroatoms. The van der Waals surface area contributed by atoms with Gasteiger partial charge >= 0.3 is 0 Å². The number of para-hydroxylation sites is 1. The number of aryl methyl sites for hydroxylation is 1. The fourth-order valence-electron chi connectivity index (χ4n) is 3.12. The lowest BCUT2D eigenvalue weighted by Crippen LogP contribution is -2.38.